The first kappa shape index (κ1) is 18.8. The van der Waals surface area contributed by atoms with Crippen molar-refractivity contribution in [1.29, 1.82) is 0 Å². The summed E-state index contributed by atoms with van der Waals surface area (Å²) in [7, 11) is -3.45. The third kappa shape index (κ3) is 4.61. The first-order chi connectivity index (χ1) is 12.4. The summed E-state index contributed by atoms with van der Waals surface area (Å²) in [6, 6.07) is 12.6. The lowest BCUT2D eigenvalue weighted by Gasteiger charge is -2.27. The van der Waals surface area contributed by atoms with Gasteiger partial charge in [0.15, 0.2) is 0 Å². The second kappa shape index (κ2) is 8.17. The highest BCUT2D eigenvalue weighted by molar-refractivity contribution is 9.10. The van der Waals surface area contributed by atoms with Gasteiger partial charge >= 0.3 is 0 Å². The van der Waals surface area contributed by atoms with Crippen LogP contribution in [0.2, 0.25) is 0 Å². The van der Waals surface area contributed by atoms with Crippen LogP contribution in [0, 0.1) is 18.8 Å². The zero-order valence-electron chi connectivity index (χ0n) is 14.4. The molecule has 0 radical (unpaired) electrons. The van der Waals surface area contributed by atoms with Gasteiger partial charge < -0.3 is 0 Å². The van der Waals surface area contributed by atoms with E-state index in [9.17, 15) is 8.42 Å². The van der Waals surface area contributed by atoms with Gasteiger partial charge in [-0.15, -0.1) is 0 Å². The maximum absolute atomic E-state index is 12.7. The van der Waals surface area contributed by atoms with Crippen LogP contribution < -0.4 is 0 Å². The maximum Gasteiger partial charge on any atom is 0.243 e. The molecule has 1 aromatic carbocycles. The number of aryl methyl sites for hydroxylation is 1. The molecular formula is C20H19BrN2O2S. The summed E-state index contributed by atoms with van der Waals surface area (Å²) in [5.74, 6) is 6.07. The number of piperidine rings is 1. The van der Waals surface area contributed by atoms with Crippen LogP contribution in [0.25, 0.3) is 0 Å². The van der Waals surface area contributed by atoms with Gasteiger partial charge in [-0.2, -0.15) is 4.31 Å². The summed E-state index contributed by atoms with van der Waals surface area (Å²) in [6.07, 6.45) is 3.29. The molecular weight excluding hydrogens is 412 g/mol. The van der Waals surface area contributed by atoms with E-state index in [0.29, 0.717) is 30.8 Å². The highest BCUT2D eigenvalue weighted by Gasteiger charge is 2.27. The normalized spacial score (nSPS) is 15.2. The smallest absolute Gasteiger partial charge is 0.243 e. The minimum atomic E-state index is -3.45. The fourth-order valence-corrected chi connectivity index (χ4v) is 4.80. The van der Waals surface area contributed by atoms with Crippen LogP contribution in [0.4, 0.5) is 0 Å². The Kier molecular flexibility index (Phi) is 5.92. The molecule has 0 saturated carbocycles. The topological polar surface area (TPSA) is 50.3 Å². The second-order valence-corrected chi connectivity index (χ2v) is 8.95. The Morgan fingerprint density at radius 2 is 1.88 bits per heavy atom. The number of halogens is 1. The summed E-state index contributed by atoms with van der Waals surface area (Å²) in [5, 5.41) is 0. The van der Waals surface area contributed by atoms with Crippen molar-refractivity contribution in [2.45, 2.75) is 24.7 Å². The molecule has 0 spiro atoms. The molecule has 1 aliphatic heterocycles. The van der Waals surface area contributed by atoms with Crippen LogP contribution in [0.3, 0.4) is 0 Å². The van der Waals surface area contributed by atoms with Gasteiger partial charge in [0.1, 0.15) is 5.69 Å². The summed E-state index contributed by atoms with van der Waals surface area (Å²) in [5.41, 5.74) is 2.86. The zero-order chi connectivity index (χ0) is 18.6. The van der Waals surface area contributed by atoms with E-state index in [-0.39, 0.29) is 0 Å². The van der Waals surface area contributed by atoms with Gasteiger partial charge in [-0.05, 0) is 62.1 Å². The monoisotopic (exact) mass is 430 g/mol. The number of hydrogen-bond acceptors (Lipinski definition) is 3. The van der Waals surface area contributed by atoms with Crippen LogP contribution in [0.5, 0.6) is 0 Å². The molecule has 1 aliphatic rings. The van der Waals surface area contributed by atoms with Crippen molar-refractivity contribution in [2.75, 3.05) is 13.1 Å². The van der Waals surface area contributed by atoms with Crippen LogP contribution in [-0.2, 0) is 10.0 Å². The molecule has 0 atom stereocenters. The quantitative estimate of drug-likeness (QED) is 0.678. The predicted octanol–water partition coefficient (Wildman–Crippen LogP) is 3.92. The predicted molar refractivity (Wildman–Crippen MR) is 106 cm³/mol. The molecule has 1 aromatic heterocycles. The van der Waals surface area contributed by atoms with Crippen LogP contribution in [0.1, 0.15) is 24.2 Å². The number of rotatable bonds is 2. The van der Waals surface area contributed by atoms with E-state index in [4.69, 9.17) is 0 Å². The van der Waals surface area contributed by atoms with Gasteiger partial charge in [-0.1, -0.05) is 39.6 Å². The number of benzene rings is 1. The fourth-order valence-electron chi connectivity index (χ4n) is 2.76. The molecule has 0 amide bonds. The van der Waals surface area contributed by atoms with Gasteiger partial charge in [0, 0.05) is 23.3 Å². The molecule has 6 heteroatoms. The van der Waals surface area contributed by atoms with Gasteiger partial charge in [0.25, 0.3) is 0 Å². The van der Waals surface area contributed by atoms with Crippen molar-refractivity contribution in [2.24, 2.45) is 0 Å². The van der Waals surface area contributed by atoms with Crippen molar-refractivity contribution in [3.8, 4) is 11.8 Å². The SMILES string of the molecule is Cc1cccc(C#CC=C2CCN(S(=O)(=O)c3cccc(Br)c3)CC2)n1. The van der Waals surface area contributed by atoms with Crippen molar-refractivity contribution in [1.82, 2.24) is 9.29 Å². The maximum atomic E-state index is 12.7. The molecule has 2 aromatic rings. The summed E-state index contributed by atoms with van der Waals surface area (Å²) >= 11 is 3.33. The minimum Gasteiger partial charge on any atom is -0.245 e. The largest absolute Gasteiger partial charge is 0.245 e. The van der Waals surface area contributed by atoms with Crippen molar-refractivity contribution in [3.63, 3.8) is 0 Å². The molecule has 4 nitrogen and oxygen atoms in total. The number of hydrogen-bond donors (Lipinski definition) is 0. The van der Waals surface area contributed by atoms with Crippen molar-refractivity contribution in [3.05, 3.63) is 70.0 Å². The number of allylic oxidation sites excluding steroid dienone is 1. The van der Waals surface area contributed by atoms with E-state index in [2.05, 4.69) is 32.8 Å². The van der Waals surface area contributed by atoms with Gasteiger partial charge in [-0.25, -0.2) is 13.4 Å². The van der Waals surface area contributed by atoms with Crippen molar-refractivity contribution >= 4 is 26.0 Å². The van der Waals surface area contributed by atoms with E-state index < -0.39 is 10.0 Å². The zero-order valence-corrected chi connectivity index (χ0v) is 16.8. The number of aromatic nitrogens is 1. The first-order valence-electron chi connectivity index (χ1n) is 8.34. The molecule has 0 aliphatic carbocycles. The Morgan fingerprint density at radius 3 is 2.58 bits per heavy atom. The minimum absolute atomic E-state index is 0.324. The first-order valence-corrected chi connectivity index (χ1v) is 10.6. The number of sulfonamides is 1. The molecule has 0 N–H and O–H groups in total. The highest BCUT2D eigenvalue weighted by Crippen LogP contribution is 2.24. The average molecular weight is 431 g/mol. The molecule has 26 heavy (non-hydrogen) atoms. The molecule has 1 fully saturated rings. The van der Waals surface area contributed by atoms with Gasteiger partial charge in [0.05, 0.1) is 4.90 Å². The van der Waals surface area contributed by atoms with Crippen LogP contribution in [-0.4, -0.2) is 30.8 Å². The standard InChI is InChI=1S/C20H19BrN2O2S/c1-16-5-2-8-19(22-16)9-3-6-17-11-13-23(14-12-17)26(24,25)20-10-4-7-18(21)15-20/h2,4-8,10,15H,11-14H2,1H3. The van der Waals surface area contributed by atoms with E-state index in [0.717, 1.165) is 15.9 Å². The Morgan fingerprint density at radius 1 is 1.15 bits per heavy atom. The molecule has 0 bridgehead atoms. The highest BCUT2D eigenvalue weighted by atomic mass is 79.9. The molecule has 3 rings (SSSR count). The Labute approximate surface area is 163 Å². The molecule has 2 heterocycles. The van der Waals surface area contributed by atoms with E-state index in [1.165, 1.54) is 5.57 Å². The second-order valence-electron chi connectivity index (χ2n) is 6.10. The number of nitrogens with zero attached hydrogens (tertiary/aromatic N) is 2. The Hall–Kier alpha value is -1.94. The summed E-state index contributed by atoms with van der Waals surface area (Å²) in [4.78, 5) is 4.67. The Bertz CT molecular complexity index is 994. The van der Waals surface area contributed by atoms with E-state index >= 15 is 0 Å². The van der Waals surface area contributed by atoms with Gasteiger partial charge in [0.2, 0.25) is 10.0 Å². The third-order valence-corrected chi connectivity index (χ3v) is 6.55. The molecule has 0 unspecified atom stereocenters. The summed E-state index contributed by atoms with van der Waals surface area (Å²) < 4.78 is 27.8. The summed E-state index contributed by atoms with van der Waals surface area (Å²) in [6.45, 7) is 2.89. The molecule has 134 valence electrons. The third-order valence-electron chi connectivity index (χ3n) is 4.16. The molecule has 1 saturated heterocycles. The van der Waals surface area contributed by atoms with E-state index in [1.54, 1.807) is 22.5 Å². The lowest BCUT2D eigenvalue weighted by atomic mass is 10.1. The van der Waals surface area contributed by atoms with Gasteiger partial charge in [-0.3, -0.25) is 0 Å². The lowest BCUT2D eigenvalue weighted by Crippen LogP contribution is -2.36. The van der Waals surface area contributed by atoms with Crippen LogP contribution >= 0.6 is 15.9 Å². The average Bonchev–Trinajstić information content (AvgIpc) is 2.62. The van der Waals surface area contributed by atoms with Crippen LogP contribution in [0.15, 0.2) is 63.5 Å². The lowest BCUT2D eigenvalue weighted by molar-refractivity contribution is 0.387. The fraction of sp³-hybridized carbons (Fsp3) is 0.250. The van der Waals surface area contributed by atoms with Crippen molar-refractivity contribution < 1.29 is 8.42 Å². The van der Waals surface area contributed by atoms with E-state index in [1.807, 2.05) is 37.3 Å². The Balaban J connectivity index is 1.66. The number of pyridine rings is 1.